The molecule has 0 saturated carbocycles. The van der Waals surface area contributed by atoms with Gasteiger partial charge in [-0.25, -0.2) is 0 Å². The van der Waals surface area contributed by atoms with Crippen LogP contribution in [0, 0.1) is 6.92 Å². The van der Waals surface area contributed by atoms with Crippen LogP contribution in [0.2, 0.25) is 0 Å². The van der Waals surface area contributed by atoms with Gasteiger partial charge in [0.2, 0.25) is 5.89 Å². The predicted octanol–water partition coefficient (Wildman–Crippen LogP) is 1.14. The molecule has 5 nitrogen and oxygen atoms in total. The first-order valence-corrected chi connectivity index (χ1v) is 4.64. The Morgan fingerprint density at radius 2 is 2.43 bits per heavy atom. The summed E-state index contributed by atoms with van der Waals surface area (Å²) in [6.45, 7) is 3.99. The second kappa shape index (κ2) is 4.23. The van der Waals surface area contributed by atoms with E-state index in [1.54, 1.807) is 6.92 Å². The maximum Gasteiger partial charge on any atom is 0.315 e. The van der Waals surface area contributed by atoms with Crippen LogP contribution >= 0.6 is 0 Å². The van der Waals surface area contributed by atoms with Crippen LogP contribution in [-0.2, 0) is 4.74 Å². The lowest BCUT2D eigenvalue weighted by atomic mass is 10.2. The molecule has 1 aliphatic heterocycles. The van der Waals surface area contributed by atoms with Crippen molar-refractivity contribution < 1.29 is 9.15 Å². The average molecular weight is 195 g/mol. The van der Waals surface area contributed by atoms with Crippen molar-refractivity contribution in [1.29, 1.82) is 0 Å². The molecule has 2 heterocycles. The molecule has 0 spiro atoms. The highest BCUT2D eigenvalue weighted by Crippen LogP contribution is 2.08. The zero-order chi connectivity index (χ0) is 9.80. The summed E-state index contributed by atoms with van der Waals surface area (Å²) in [5, 5.41) is 10.6. The summed E-state index contributed by atoms with van der Waals surface area (Å²) < 4.78 is 10.5. The molecule has 0 unspecified atom stereocenters. The summed E-state index contributed by atoms with van der Waals surface area (Å²) in [5.74, 6) is 0.571. The van der Waals surface area contributed by atoms with Crippen LogP contribution in [0.3, 0.4) is 0 Å². The second-order valence-electron chi connectivity index (χ2n) is 3.18. The van der Waals surface area contributed by atoms with E-state index in [4.69, 9.17) is 9.15 Å². The molecule has 0 radical (unpaired) electrons. The van der Waals surface area contributed by atoms with Gasteiger partial charge in [0.1, 0.15) is 0 Å². The fraction of sp³-hybridized carbons (Fsp3) is 0.556. The summed E-state index contributed by atoms with van der Waals surface area (Å²) in [4.78, 5) is 0. The van der Waals surface area contributed by atoms with E-state index < -0.39 is 0 Å². The monoisotopic (exact) mass is 195 g/mol. The fourth-order valence-electron chi connectivity index (χ4n) is 1.29. The van der Waals surface area contributed by atoms with Crippen LogP contribution in [0.15, 0.2) is 16.1 Å². The van der Waals surface area contributed by atoms with Crippen molar-refractivity contribution in [2.45, 2.75) is 13.3 Å². The first-order chi connectivity index (χ1) is 6.84. The fourth-order valence-corrected chi connectivity index (χ4v) is 1.29. The molecule has 0 amide bonds. The molecule has 1 aliphatic rings. The minimum absolute atomic E-state index is 0.467. The lowest BCUT2D eigenvalue weighted by Crippen LogP contribution is -2.14. The van der Waals surface area contributed by atoms with Gasteiger partial charge in [0.05, 0.1) is 13.2 Å². The molecule has 2 rings (SSSR count). The Labute approximate surface area is 82.2 Å². The maximum atomic E-state index is 5.30. The molecule has 0 aliphatic carbocycles. The highest BCUT2D eigenvalue weighted by molar-refractivity contribution is 5.23. The molecule has 76 valence electrons. The van der Waals surface area contributed by atoms with Gasteiger partial charge in [-0.15, -0.1) is 5.10 Å². The summed E-state index contributed by atoms with van der Waals surface area (Å²) in [6.07, 6.45) is 3.17. The van der Waals surface area contributed by atoms with E-state index in [9.17, 15) is 0 Å². The van der Waals surface area contributed by atoms with Gasteiger partial charge in [0.25, 0.3) is 0 Å². The molecule has 0 aromatic carbocycles. The van der Waals surface area contributed by atoms with Crippen molar-refractivity contribution in [2.24, 2.45) is 0 Å². The number of hydrogen-bond acceptors (Lipinski definition) is 5. The first-order valence-electron chi connectivity index (χ1n) is 4.64. The van der Waals surface area contributed by atoms with E-state index >= 15 is 0 Å². The van der Waals surface area contributed by atoms with Crippen LogP contribution in [0.4, 0.5) is 6.01 Å². The third-order valence-corrected chi connectivity index (χ3v) is 1.98. The van der Waals surface area contributed by atoms with Gasteiger partial charge in [0, 0.05) is 13.5 Å². The van der Waals surface area contributed by atoms with Gasteiger partial charge < -0.3 is 14.5 Å². The topological polar surface area (TPSA) is 60.2 Å². The Morgan fingerprint density at radius 3 is 3.07 bits per heavy atom. The van der Waals surface area contributed by atoms with Crippen molar-refractivity contribution in [3.8, 4) is 0 Å². The molecule has 14 heavy (non-hydrogen) atoms. The quantitative estimate of drug-likeness (QED) is 0.733. The number of aromatic nitrogens is 2. The lowest BCUT2D eigenvalue weighted by molar-refractivity contribution is 0.150. The third-order valence-electron chi connectivity index (χ3n) is 1.98. The molecular weight excluding hydrogens is 182 g/mol. The van der Waals surface area contributed by atoms with E-state index in [1.807, 2.05) is 0 Å². The molecule has 0 saturated heterocycles. The van der Waals surface area contributed by atoms with Crippen molar-refractivity contribution in [1.82, 2.24) is 10.2 Å². The maximum absolute atomic E-state index is 5.30. The average Bonchev–Trinajstić information content (AvgIpc) is 2.63. The SMILES string of the molecule is Cc1nnc(NCC2=CCCOC2)o1. The highest BCUT2D eigenvalue weighted by atomic mass is 16.5. The second-order valence-corrected chi connectivity index (χ2v) is 3.18. The summed E-state index contributed by atoms with van der Waals surface area (Å²) in [5.41, 5.74) is 1.23. The van der Waals surface area contributed by atoms with Crippen LogP contribution in [0.1, 0.15) is 12.3 Å². The number of ether oxygens (including phenoxy) is 1. The number of aryl methyl sites for hydroxylation is 1. The molecule has 1 aromatic heterocycles. The molecule has 0 fully saturated rings. The van der Waals surface area contributed by atoms with Gasteiger partial charge in [-0.3, -0.25) is 0 Å². The van der Waals surface area contributed by atoms with Crippen LogP contribution in [-0.4, -0.2) is 30.0 Å². The van der Waals surface area contributed by atoms with Gasteiger partial charge in [-0.05, 0) is 12.0 Å². The van der Waals surface area contributed by atoms with E-state index in [2.05, 4.69) is 21.6 Å². The first kappa shape index (κ1) is 9.21. The van der Waals surface area contributed by atoms with Crippen molar-refractivity contribution in [3.63, 3.8) is 0 Å². The van der Waals surface area contributed by atoms with Gasteiger partial charge in [-0.1, -0.05) is 11.2 Å². The minimum atomic E-state index is 0.467. The number of nitrogens with one attached hydrogen (secondary N) is 1. The molecule has 0 atom stereocenters. The number of hydrogen-bond donors (Lipinski definition) is 1. The highest BCUT2D eigenvalue weighted by Gasteiger charge is 2.05. The molecular formula is C9H13N3O2. The van der Waals surface area contributed by atoms with E-state index in [0.717, 1.165) is 13.0 Å². The third kappa shape index (κ3) is 2.32. The smallest absolute Gasteiger partial charge is 0.315 e. The predicted molar refractivity (Wildman–Crippen MR) is 51.0 cm³/mol. The van der Waals surface area contributed by atoms with Gasteiger partial charge >= 0.3 is 6.01 Å². The Morgan fingerprint density at radius 1 is 1.50 bits per heavy atom. The summed E-state index contributed by atoms with van der Waals surface area (Å²) >= 11 is 0. The Bertz CT molecular complexity index is 333. The number of nitrogens with zero attached hydrogens (tertiary/aromatic N) is 2. The number of anilines is 1. The zero-order valence-corrected chi connectivity index (χ0v) is 8.12. The Hall–Kier alpha value is -1.36. The molecule has 5 heteroatoms. The number of rotatable bonds is 3. The van der Waals surface area contributed by atoms with Crippen molar-refractivity contribution in [3.05, 3.63) is 17.5 Å². The van der Waals surface area contributed by atoms with Crippen LogP contribution in [0.25, 0.3) is 0 Å². The summed E-state index contributed by atoms with van der Waals surface area (Å²) in [6, 6.07) is 0.467. The summed E-state index contributed by atoms with van der Waals surface area (Å²) in [7, 11) is 0. The van der Waals surface area contributed by atoms with E-state index in [0.29, 0.717) is 25.1 Å². The lowest BCUT2D eigenvalue weighted by Gasteiger charge is -2.13. The normalized spacial score (nSPS) is 16.5. The van der Waals surface area contributed by atoms with E-state index in [1.165, 1.54) is 5.57 Å². The molecule has 0 bridgehead atoms. The zero-order valence-electron chi connectivity index (χ0n) is 8.12. The Kier molecular flexibility index (Phi) is 2.78. The van der Waals surface area contributed by atoms with E-state index in [-0.39, 0.29) is 0 Å². The molecule has 1 N–H and O–H groups in total. The van der Waals surface area contributed by atoms with Crippen LogP contribution < -0.4 is 5.32 Å². The van der Waals surface area contributed by atoms with Crippen LogP contribution in [0.5, 0.6) is 0 Å². The standard InChI is InChI=1S/C9H13N3O2/c1-7-11-12-9(14-7)10-5-8-3-2-4-13-6-8/h3H,2,4-6H2,1H3,(H,10,12). The van der Waals surface area contributed by atoms with Gasteiger partial charge in [-0.2, -0.15) is 0 Å². The minimum Gasteiger partial charge on any atom is -0.408 e. The van der Waals surface area contributed by atoms with Gasteiger partial charge in [0.15, 0.2) is 0 Å². The Balaban J connectivity index is 1.84. The van der Waals surface area contributed by atoms with Crippen molar-refractivity contribution in [2.75, 3.05) is 25.1 Å². The largest absolute Gasteiger partial charge is 0.408 e. The van der Waals surface area contributed by atoms with Crippen molar-refractivity contribution >= 4 is 6.01 Å². The molecule has 1 aromatic rings.